The van der Waals surface area contributed by atoms with Crippen LogP contribution in [-0.4, -0.2) is 32.6 Å². The van der Waals surface area contributed by atoms with Crippen LogP contribution in [0.1, 0.15) is 18.3 Å². The van der Waals surface area contributed by atoms with Gasteiger partial charge in [0, 0.05) is 6.20 Å². The van der Waals surface area contributed by atoms with Crippen LogP contribution in [0.3, 0.4) is 0 Å². The lowest BCUT2D eigenvalue weighted by Crippen LogP contribution is -2.34. The zero-order valence-electron chi connectivity index (χ0n) is 13.6. The van der Waals surface area contributed by atoms with Crippen LogP contribution in [0.25, 0.3) is 5.65 Å². The summed E-state index contributed by atoms with van der Waals surface area (Å²) in [5, 5.41) is 13.7. The molecule has 0 fully saturated rings. The van der Waals surface area contributed by atoms with Crippen molar-refractivity contribution in [3.8, 4) is 0 Å². The fourth-order valence-corrected chi connectivity index (χ4v) is 2.95. The summed E-state index contributed by atoms with van der Waals surface area (Å²) >= 11 is 1.68. The van der Waals surface area contributed by atoms with Gasteiger partial charge in [0.05, 0.1) is 11.7 Å². The maximum Gasteiger partial charge on any atom is 0.319 e. The molecule has 0 saturated carbocycles. The lowest BCUT2D eigenvalue weighted by Gasteiger charge is -2.17. The molecule has 0 saturated heterocycles. The number of amides is 2. The summed E-state index contributed by atoms with van der Waals surface area (Å²) in [4.78, 5) is 12.3. The average Bonchev–Trinajstić information content (AvgIpc) is 3.04. The molecule has 1 unspecified atom stereocenters. The molecule has 0 aliphatic carbocycles. The van der Waals surface area contributed by atoms with E-state index in [2.05, 4.69) is 20.8 Å². The van der Waals surface area contributed by atoms with Gasteiger partial charge in [-0.15, -0.1) is 10.2 Å². The average molecular weight is 359 g/mol. The van der Waals surface area contributed by atoms with Crippen molar-refractivity contribution in [1.82, 2.24) is 19.9 Å². The van der Waals surface area contributed by atoms with Gasteiger partial charge in [-0.05, 0) is 42.7 Å². The predicted molar refractivity (Wildman–Crippen MR) is 97.3 cm³/mol. The van der Waals surface area contributed by atoms with Gasteiger partial charge >= 0.3 is 6.03 Å². The van der Waals surface area contributed by atoms with E-state index in [-0.39, 0.29) is 11.7 Å². The highest BCUT2D eigenvalue weighted by Gasteiger charge is 2.20. The molecular formula is C17H18FN5OS. The van der Waals surface area contributed by atoms with Gasteiger partial charge in [-0.3, -0.25) is 4.40 Å². The van der Waals surface area contributed by atoms with Crippen molar-refractivity contribution in [3.05, 3.63) is 60.3 Å². The van der Waals surface area contributed by atoms with Crippen molar-refractivity contribution in [2.45, 2.75) is 12.5 Å². The van der Waals surface area contributed by atoms with E-state index in [4.69, 9.17) is 0 Å². The Kier molecular flexibility index (Phi) is 5.49. The molecule has 2 heterocycles. The second-order valence-corrected chi connectivity index (χ2v) is 6.39. The van der Waals surface area contributed by atoms with Crippen LogP contribution in [0.4, 0.5) is 14.9 Å². The van der Waals surface area contributed by atoms with E-state index in [0.717, 1.165) is 5.75 Å². The highest BCUT2D eigenvalue weighted by Crippen LogP contribution is 2.19. The Balaban J connectivity index is 1.79. The Labute approximate surface area is 148 Å². The maximum absolute atomic E-state index is 13.7. The lowest BCUT2D eigenvalue weighted by molar-refractivity contribution is 0.247. The largest absolute Gasteiger partial charge is 0.328 e. The molecular weight excluding hydrogens is 341 g/mol. The van der Waals surface area contributed by atoms with Crippen molar-refractivity contribution >= 4 is 29.1 Å². The normalized spacial score (nSPS) is 12.1. The van der Waals surface area contributed by atoms with Gasteiger partial charge in [0.15, 0.2) is 11.5 Å². The molecule has 8 heteroatoms. The minimum absolute atomic E-state index is 0.134. The number of nitrogens with zero attached hydrogens (tertiary/aromatic N) is 3. The van der Waals surface area contributed by atoms with Crippen LogP contribution in [0.2, 0.25) is 0 Å². The number of anilines is 1. The number of halogens is 1. The van der Waals surface area contributed by atoms with Crippen molar-refractivity contribution in [2.75, 3.05) is 17.3 Å². The minimum atomic E-state index is -0.483. The molecule has 3 rings (SSSR count). The summed E-state index contributed by atoms with van der Waals surface area (Å²) in [6.45, 7) is 0. The minimum Gasteiger partial charge on any atom is -0.328 e. The first-order chi connectivity index (χ1) is 12.2. The van der Waals surface area contributed by atoms with Gasteiger partial charge in [0.1, 0.15) is 5.82 Å². The predicted octanol–water partition coefficient (Wildman–Crippen LogP) is 3.48. The van der Waals surface area contributed by atoms with E-state index in [9.17, 15) is 9.18 Å². The van der Waals surface area contributed by atoms with Crippen LogP contribution in [-0.2, 0) is 0 Å². The number of nitrogens with one attached hydrogen (secondary N) is 2. The zero-order chi connectivity index (χ0) is 17.6. The quantitative estimate of drug-likeness (QED) is 0.707. The molecule has 0 radical (unpaired) electrons. The van der Waals surface area contributed by atoms with Crippen molar-refractivity contribution < 1.29 is 9.18 Å². The number of thioether (sulfide) groups is 1. The third-order valence-electron chi connectivity index (χ3n) is 3.69. The zero-order valence-corrected chi connectivity index (χ0v) is 14.5. The van der Waals surface area contributed by atoms with E-state index < -0.39 is 11.8 Å². The van der Waals surface area contributed by atoms with Crippen LogP contribution in [0, 0.1) is 5.82 Å². The fourth-order valence-electron chi connectivity index (χ4n) is 2.48. The molecule has 25 heavy (non-hydrogen) atoms. The van der Waals surface area contributed by atoms with Gasteiger partial charge in [-0.25, -0.2) is 9.18 Å². The van der Waals surface area contributed by atoms with E-state index in [1.54, 1.807) is 23.9 Å². The van der Waals surface area contributed by atoms with Crippen molar-refractivity contribution in [3.63, 3.8) is 0 Å². The molecule has 6 nitrogen and oxygen atoms in total. The second kappa shape index (κ2) is 7.98. The number of hydrogen-bond donors (Lipinski definition) is 2. The molecule has 0 spiro atoms. The summed E-state index contributed by atoms with van der Waals surface area (Å²) in [5.41, 5.74) is 0.845. The number of hydrogen-bond acceptors (Lipinski definition) is 4. The Morgan fingerprint density at radius 3 is 2.84 bits per heavy atom. The van der Waals surface area contributed by atoms with Gasteiger partial charge in [0.2, 0.25) is 0 Å². The molecule has 0 aliphatic rings. The smallest absolute Gasteiger partial charge is 0.319 e. The van der Waals surface area contributed by atoms with Crippen molar-refractivity contribution in [2.24, 2.45) is 0 Å². The molecule has 3 aromatic rings. The fraction of sp³-hybridized carbons (Fsp3) is 0.235. The Bertz CT molecular complexity index is 869. The Morgan fingerprint density at radius 1 is 1.24 bits per heavy atom. The standard InChI is InChI=1S/C17H18FN5OS/c1-25-11-9-14(16-22-21-15-8-4-5-10-23(15)16)20-17(24)19-13-7-3-2-6-12(13)18/h2-8,10,14H,9,11H2,1H3,(H2,19,20,24). The molecule has 130 valence electrons. The maximum atomic E-state index is 13.7. The molecule has 2 amide bonds. The Hall–Kier alpha value is -2.61. The van der Waals surface area contributed by atoms with Crippen LogP contribution >= 0.6 is 11.8 Å². The van der Waals surface area contributed by atoms with Crippen LogP contribution in [0.15, 0.2) is 48.7 Å². The molecule has 0 bridgehead atoms. The second-order valence-electron chi connectivity index (χ2n) is 5.40. The van der Waals surface area contributed by atoms with E-state index in [1.165, 1.54) is 12.1 Å². The lowest BCUT2D eigenvalue weighted by atomic mass is 10.2. The summed E-state index contributed by atoms with van der Waals surface area (Å²) in [5.74, 6) is 1.01. The number of aromatic nitrogens is 3. The highest BCUT2D eigenvalue weighted by atomic mass is 32.2. The van der Waals surface area contributed by atoms with Gasteiger partial charge in [-0.1, -0.05) is 18.2 Å². The van der Waals surface area contributed by atoms with Gasteiger partial charge < -0.3 is 10.6 Å². The van der Waals surface area contributed by atoms with Gasteiger partial charge in [0.25, 0.3) is 0 Å². The molecule has 1 atom stereocenters. The Morgan fingerprint density at radius 2 is 2.04 bits per heavy atom. The topological polar surface area (TPSA) is 71.3 Å². The first kappa shape index (κ1) is 17.2. The third-order valence-corrected chi connectivity index (χ3v) is 4.33. The van der Waals surface area contributed by atoms with Crippen molar-refractivity contribution in [1.29, 1.82) is 0 Å². The van der Waals surface area contributed by atoms with E-state index in [0.29, 0.717) is 17.9 Å². The number of urea groups is 1. The highest BCUT2D eigenvalue weighted by molar-refractivity contribution is 7.98. The number of carbonyl (C=O) groups excluding carboxylic acids is 1. The number of fused-ring (bicyclic) bond motifs is 1. The number of benzene rings is 1. The number of pyridine rings is 1. The molecule has 2 N–H and O–H groups in total. The number of carbonyl (C=O) groups is 1. The summed E-state index contributed by atoms with van der Waals surface area (Å²) in [7, 11) is 0. The summed E-state index contributed by atoms with van der Waals surface area (Å²) in [6, 6.07) is 10.8. The first-order valence-electron chi connectivity index (χ1n) is 7.79. The van der Waals surface area contributed by atoms with E-state index in [1.807, 2.05) is 35.1 Å². The number of para-hydroxylation sites is 1. The monoisotopic (exact) mass is 359 g/mol. The molecule has 1 aromatic carbocycles. The van der Waals surface area contributed by atoms with Gasteiger partial charge in [-0.2, -0.15) is 11.8 Å². The summed E-state index contributed by atoms with van der Waals surface area (Å²) in [6.07, 6.45) is 4.53. The van der Waals surface area contributed by atoms with Crippen LogP contribution < -0.4 is 10.6 Å². The van der Waals surface area contributed by atoms with E-state index >= 15 is 0 Å². The SMILES string of the molecule is CSCCC(NC(=O)Nc1ccccc1F)c1nnc2ccccn12. The third kappa shape index (κ3) is 4.08. The first-order valence-corrected chi connectivity index (χ1v) is 9.19. The molecule has 2 aromatic heterocycles. The molecule has 0 aliphatic heterocycles. The number of rotatable bonds is 6. The van der Waals surface area contributed by atoms with Crippen LogP contribution in [0.5, 0.6) is 0 Å². The summed E-state index contributed by atoms with van der Waals surface area (Å²) < 4.78 is 15.5.